The van der Waals surface area contributed by atoms with Crippen molar-refractivity contribution in [3.05, 3.63) is 82.3 Å². The van der Waals surface area contributed by atoms with Crippen molar-refractivity contribution in [3.63, 3.8) is 0 Å². The Hall–Kier alpha value is -3.57. The van der Waals surface area contributed by atoms with Crippen LogP contribution in [0.1, 0.15) is 35.9 Å². The number of methoxy groups -OCH3 is 1. The number of carbonyl (C=O) groups is 1. The van der Waals surface area contributed by atoms with Crippen molar-refractivity contribution >= 4 is 39.7 Å². The molecule has 1 unspecified atom stereocenters. The minimum Gasteiger partial charge on any atom is -0.494 e. The van der Waals surface area contributed by atoms with Crippen molar-refractivity contribution in [2.45, 2.75) is 37.8 Å². The third-order valence-corrected chi connectivity index (χ3v) is 7.44. The molecule has 2 heterocycles. The molecule has 38 heavy (non-hydrogen) atoms. The van der Waals surface area contributed by atoms with Crippen LogP contribution in [-0.4, -0.2) is 38.9 Å². The Morgan fingerprint density at radius 1 is 1.24 bits per heavy atom. The third kappa shape index (κ3) is 5.94. The summed E-state index contributed by atoms with van der Waals surface area (Å²) in [4.78, 5) is 19.4. The normalized spacial score (nSPS) is 16.7. The first-order chi connectivity index (χ1) is 18.0. The molecule has 5 rings (SSSR count). The summed E-state index contributed by atoms with van der Waals surface area (Å²) in [6.45, 7) is 2.32. The number of nitrogens with zero attached hydrogens (tertiary/aromatic N) is 3. The summed E-state index contributed by atoms with van der Waals surface area (Å²) in [6, 6.07) is 16.7. The zero-order valence-electron chi connectivity index (χ0n) is 20.4. The topological polar surface area (TPSA) is 89.3 Å². The monoisotopic (exact) mass is 564 g/mol. The second kappa shape index (κ2) is 11.0. The smallest absolute Gasteiger partial charge is 0.490 e. The number of carboxylic acids is 1. The maximum Gasteiger partial charge on any atom is 0.490 e. The average Bonchev–Trinajstić information content (AvgIpc) is 3.51. The zero-order chi connectivity index (χ0) is 27.5. The van der Waals surface area contributed by atoms with Crippen LogP contribution in [0.2, 0.25) is 5.15 Å². The lowest BCUT2D eigenvalue weighted by Crippen LogP contribution is -2.28. The summed E-state index contributed by atoms with van der Waals surface area (Å²) in [7, 11) is 1.66. The van der Waals surface area contributed by atoms with E-state index in [9.17, 15) is 13.2 Å². The number of carboxylic acid groups (broad SMARTS) is 1. The van der Waals surface area contributed by atoms with E-state index in [-0.39, 0.29) is 5.41 Å². The van der Waals surface area contributed by atoms with E-state index in [0.29, 0.717) is 5.15 Å². The largest absolute Gasteiger partial charge is 0.494 e. The molecule has 1 atom stereocenters. The Morgan fingerprint density at radius 3 is 2.55 bits per heavy atom. The maximum absolute atomic E-state index is 10.6. The van der Waals surface area contributed by atoms with Crippen LogP contribution >= 0.6 is 22.9 Å². The molecule has 1 aliphatic carbocycles. The molecule has 2 N–H and O–H groups in total. The lowest BCUT2D eigenvalue weighted by atomic mass is 9.72. The number of aromatic nitrogens is 3. The molecule has 0 radical (unpaired) electrons. The van der Waals surface area contributed by atoms with E-state index in [1.54, 1.807) is 31.0 Å². The van der Waals surface area contributed by atoms with Crippen molar-refractivity contribution in [1.82, 2.24) is 14.5 Å². The van der Waals surface area contributed by atoms with Crippen molar-refractivity contribution < 1.29 is 27.8 Å². The predicted molar refractivity (Wildman–Crippen MR) is 140 cm³/mol. The molecule has 0 amide bonds. The second-order valence-electron chi connectivity index (χ2n) is 8.76. The van der Waals surface area contributed by atoms with Gasteiger partial charge >= 0.3 is 12.1 Å². The number of hydrogen-bond acceptors (Lipinski definition) is 6. The number of benzene rings is 2. The average molecular weight is 565 g/mol. The number of alkyl halides is 3. The van der Waals surface area contributed by atoms with Gasteiger partial charge in [-0.25, -0.2) is 14.8 Å². The Bertz CT molecular complexity index is 1420. The molecule has 0 fully saturated rings. The van der Waals surface area contributed by atoms with E-state index in [0.717, 1.165) is 35.1 Å². The minimum absolute atomic E-state index is 0.0481. The van der Waals surface area contributed by atoms with Crippen molar-refractivity contribution in [2.24, 2.45) is 0 Å². The summed E-state index contributed by atoms with van der Waals surface area (Å²) in [5.74, 6) is -2.03. The van der Waals surface area contributed by atoms with Gasteiger partial charge in [0.25, 0.3) is 0 Å². The molecular weight excluding hydrogens is 541 g/mol. The van der Waals surface area contributed by atoms with Crippen LogP contribution in [0.3, 0.4) is 0 Å². The molecule has 0 saturated heterocycles. The van der Waals surface area contributed by atoms with Crippen LogP contribution in [0.4, 0.5) is 24.0 Å². The summed E-state index contributed by atoms with van der Waals surface area (Å²) in [5, 5.41) is 12.0. The summed E-state index contributed by atoms with van der Waals surface area (Å²) in [5.41, 5.74) is 4.29. The molecule has 7 nitrogen and oxygen atoms in total. The lowest BCUT2D eigenvalue weighted by molar-refractivity contribution is -0.192. The summed E-state index contributed by atoms with van der Waals surface area (Å²) < 4.78 is 39.2. The van der Waals surface area contributed by atoms with E-state index < -0.39 is 12.1 Å². The first-order valence-electron chi connectivity index (χ1n) is 11.5. The SMILES string of the molecule is COc1cc(Nc2nc3c(s2)CCCC3(C)c2ccccc2)ccc1-n1cnc(Cl)c1.O=C(O)C(F)(F)F. The first-order valence-corrected chi connectivity index (χ1v) is 12.7. The Balaban J connectivity index is 0.000000426. The van der Waals surface area contributed by atoms with E-state index in [2.05, 4.69) is 47.6 Å². The minimum atomic E-state index is -5.08. The molecule has 200 valence electrons. The van der Waals surface area contributed by atoms with E-state index in [1.165, 1.54) is 22.6 Å². The Kier molecular flexibility index (Phi) is 7.98. The molecule has 12 heteroatoms. The van der Waals surface area contributed by atoms with Gasteiger partial charge in [0.05, 0.1) is 18.5 Å². The molecule has 4 aromatic rings. The number of nitrogens with one attached hydrogen (secondary N) is 1. The Labute approximate surface area is 225 Å². The molecular formula is C26H24ClF3N4O3S. The zero-order valence-corrected chi connectivity index (χ0v) is 22.0. The fourth-order valence-electron chi connectivity index (χ4n) is 4.34. The molecule has 0 spiro atoms. The fraction of sp³-hybridized carbons (Fsp3) is 0.269. The number of aliphatic carboxylic acids is 1. The number of rotatable bonds is 5. The predicted octanol–water partition coefficient (Wildman–Crippen LogP) is 7.01. The van der Waals surface area contributed by atoms with Gasteiger partial charge in [0.15, 0.2) is 5.13 Å². The summed E-state index contributed by atoms with van der Waals surface area (Å²) >= 11 is 7.72. The highest BCUT2D eigenvalue weighted by Crippen LogP contribution is 2.45. The maximum atomic E-state index is 10.6. The van der Waals surface area contributed by atoms with Gasteiger partial charge in [-0.3, -0.25) is 0 Å². The molecule has 0 saturated carbocycles. The van der Waals surface area contributed by atoms with Gasteiger partial charge in [-0.15, -0.1) is 11.3 Å². The highest BCUT2D eigenvalue weighted by atomic mass is 35.5. The van der Waals surface area contributed by atoms with Crippen LogP contribution in [0.15, 0.2) is 61.1 Å². The van der Waals surface area contributed by atoms with Gasteiger partial charge in [0.2, 0.25) is 0 Å². The van der Waals surface area contributed by atoms with Gasteiger partial charge in [-0.05, 0) is 43.9 Å². The first kappa shape index (κ1) is 27.5. The van der Waals surface area contributed by atoms with Gasteiger partial charge in [-0.2, -0.15) is 13.2 Å². The van der Waals surface area contributed by atoms with Crippen LogP contribution in [0.25, 0.3) is 5.69 Å². The molecule has 0 bridgehead atoms. The highest BCUT2D eigenvalue weighted by molar-refractivity contribution is 7.15. The quantitative estimate of drug-likeness (QED) is 0.271. The standard InChI is InChI=1S/C24H23ClN4OS.C2HF3O2/c1-24(16-7-4-3-5-8-16)12-6-9-20-22(24)28-23(31-20)27-17-10-11-18(19(13-17)30-2)29-14-21(25)26-15-29;3-2(4,5)1(6)7/h3-5,7-8,10-11,13-15H,6,9,12H2,1-2H3,(H,27,28);(H,6,7). The van der Waals surface area contributed by atoms with Gasteiger partial charge in [-0.1, -0.05) is 41.9 Å². The van der Waals surface area contributed by atoms with Crippen LogP contribution in [0.5, 0.6) is 5.75 Å². The number of imidazole rings is 1. The number of ether oxygens (including phenoxy) is 1. The molecule has 2 aromatic carbocycles. The number of fused-ring (bicyclic) bond motifs is 1. The lowest BCUT2D eigenvalue weighted by Gasteiger charge is -2.33. The fourth-order valence-corrected chi connectivity index (χ4v) is 5.64. The number of anilines is 2. The third-order valence-electron chi connectivity index (χ3n) is 6.21. The van der Waals surface area contributed by atoms with E-state index in [4.69, 9.17) is 31.2 Å². The number of aryl methyl sites for hydroxylation is 1. The van der Waals surface area contributed by atoms with Crippen LogP contribution < -0.4 is 10.1 Å². The van der Waals surface area contributed by atoms with E-state index >= 15 is 0 Å². The molecule has 0 aliphatic heterocycles. The Morgan fingerprint density at radius 2 is 1.95 bits per heavy atom. The van der Waals surface area contributed by atoms with Gasteiger partial charge < -0.3 is 19.7 Å². The second-order valence-corrected chi connectivity index (χ2v) is 10.2. The number of thiazole rings is 1. The van der Waals surface area contributed by atoms with Gasteiger partial charge in [0, 0.05) is 28.2 Å². The molecule has 2 aromatic heterocycles. The van der Waals surface area contributed by atoms with Crippen LogP contribution in [0, 0.1) is 0 Å². The number of halogens is 4. The van der Waals surface area contributed by atoms with Crippen molar-refractivity contribution in [2.75, 3.05) is 12.4 Å². The van der Waals surface area contributed by atoms with E-state index in [1.807, 2.05) is 22.8 Å². The number of hydrogen-bond donors (Lipinski definition) is 2. The van der Waals surface area contributed by atoms with Crippen molar-refractivity contribution in [1.29, 1.82) is 0 Å². The summed E-state index contributed by atoms with van der Waals surface area (Å²) in [6.07, 6.45) is 1.72. The van der Waals surface area contributed by atoms with Crippen LogP contribution in [-0.2, 0) is 16.6 Å². The molecule has 1 aliphatic rings. The van der Waals surface area contributed by atoms with Gasteiger partial charge in [0.1, 0.15) is 17.2 Å². The van der Waals surface area contributed by atoms with Crippen molar-refractivity contribution in [3.8, 4) is 11.4 Å². The highest BCUT2D eigenvalue weighted by Gasteiger charge is 2.38.